The minimum Gasteiger partial charge on any atom is -0.448 e. The molecule has 8 nitrogen and oxygen atoms in total. The standard InChI is InChI=1S/C17H20FIN4O4S/c18-12-13(27-17(25)28-8-3-1-2-4-8)10(6-24)26-16(12)23-5-9(19)11-14(20)21-7-22-15(11)23/h5,7-8,10,12-13,16,24H,1-4,6H2,(H2,20,21,22)/t10-,12+,13-,16-/m1/s1. The number of halogens is 2. The summed E-state index contributed by atoms with van der Waals surface area (Å²) in [6.45, 7) is -0.462. The van der Waals surface area contributed by atoms with E-state index in [0.29, 0.717) is 11.0 Å². The maximum absolute atomic E-state index is 15.3. The van der Waals surface area contributed by atoms with Gasteiger partial charge in [0.1, 0.15) is 23.9 Å². The molecule has 0 unspecified atom stereocenters. The molecule has 3 N–H and O–H groups in total. The first-order chi connectivity index (χ1) is 13.5. The molecule has 0 aromatic carbocycles. The van der Waals surface area contributed by atoms with Crippen molar-refractivity contribution in [1.29, 1.82) is 0 Å². The number of anilines is 1. The highest BCUT2D eigenvalue weighted by Gasteiger charge is 2.49. The fraction of sp³-hybridized carbons (Fsp3) is 0.588. The molecule has 2 aromatic heterocycles. The Bertz CT molecular complexity index is 878. The van der Waals surface area contributed by atoms with Gasteiger partial charge in [-0.05, 0) is 47.2 Å². The molecular formula is C17H20FIN4O4S. The number of nitrogen functional groups attached to an aromatic ring is 1. The number of hydrogen-bond donors (Lipinski definition) is 2. The van der Waals surface area contributed by atoms with E-state index in [4.69, 9.17) is 15.2 Å². The summed E-state index contributed by atoms with van der Waals surface area (Å²) < 4.78 is 28.6. The van der Waals surface area contributed by atoms with Crippen LogP contribution in [0.2, 0.25) is 0 Å². The molecule has 2 fully saturated rings. The summed E-state index contributed by atoms with van der Waals surface area (Å²) in [6, 6.07) is 0. The van der Waals surface area contributed by atoms with Gasteiger partial charge in [-0.2, -0.15) is 0 Å². The number of aromatic nitrogens is 3. The number of carbonyl (C=O) groups is 1. The van der Waals surface area contributed by atoms with E-state index in [-0.39, 0.29) is 11.1 Å². The highest BCUT2D eigenvalue weighted by molar-refractivity contribution is 14.1. The second-order valence-corrected chi connectivity index (χ2v) is 9.29. The molecule has 0 bridgehead atoms. The Balaban J connectivity index is 1.55. The van der Waals surface area contributed by atoms with E-state index in [1.165, 1.54) is 10.9 Å². The average molecular weight is 522 g/mol. The topological polar surface area (TPSA) is 112 Å². The predicted molar refractivity (Wildman–Crippen MR) is 111 cm³/mol. The summed E-state index contributed by atoms with van der Waals surface area (Å²) in [5.41, 5.74) is 6.34. The molecule has 1 saturated carbocycles. The number of aliphatic hydroxyl groups is 1. The van der Waals surface area contributed by atoms with Gasteiger partial charge in [-0.3, -0.25) is 0 Å². The van der Waals surface area contributed by atoms with Gasteiger partial charge in [-0.1, -0.05) is 12.8 Å². The van der Waals surface area contributed by atoms with Crippen molar-refractivity contribution in [3.05, 3.63) is 16.1 Å². The maximum atomic E-state index is 15.3. The summed E-state index contributed by atoms with van der Waals surface area (Å²) >= 11 is 3.17. The van der Waals surface area contributed by atoms with Crippen molar-refractivity contribution in [2.75, 3.05) is 12.3 Å². The van der Waals surface area contributed by atoms with Crippen LogP contribution in [0.5, 0.6) is 0 Å². The van der Waals surface area contributed by atoms with Gasteiger partial charge in [0, 0.05) is 15.0 Å². The number of hydrogen-bond acceptors (Lipinski definition) is 8. The predicted octanol–water partition coefficient (Wildman–Crippen LogP) is 3.03. The molecular weight excluding hydrogens is 502 g/mol. The number of thioether (sulfide) groups is 1. The smallest absolute Gasteiger partial charge is 0.368 e. The monoisotopic (exact) mass is 522 g/mol. The summed E-state index contributed by atoms with van der Waals surface area (Å²) in [6.07, 6.45) is 2.17. The quantitative estimate of drug-likeness (QED) is 0.466. The normalized spacial score (nSPS) is 28.2. The number of rotatable bonds is 4. The third-order valence-corrected chi connectivity index (χ3v) is 7.02. The fourth-order valence-electron chi connectivity index (χ4n) is 3.74. The summed E-state index contributed by atoms with van der Waals surface area (Å²) in [5.74, 6) is 0.288. The molecule has 4 rings (SSSR count). The van der Waals surface area contributed by atoms with E-state index in [1.54, 1.807) is 6.20 Å². The Kier molecular flexibility index (Phi) is 5.95. The van der Waals surface area contributed by atoms with E-state index in [0.717, 1.165) is 41.0 Å². The number of aliphatic hydroxyl groups excluding tert-OH is 1. The van der Waals surface area contributed by atoms with E-state index >= 15 is 4.39 Å². The second kappa shape index (κ2) is 8.28. The molecule has 1 aliphatic heterocycles. The van der Waals surface area contributed by atoms with Crippen LogP contribution in [0.1, 0.15) is 31.9 Å². The lowest BCUT2D eigenvalue weighted by Crippen LogP contribution is -2.35. The van der Waals surface area contributed by atoms with Crippen LogP contribution in [0.15, 0.2) is 12.5 Å². The van der Waals surface area contributed by atoms with Crippen LogP contribution in [-0.4, -0.2) is 55.2 Å². The van der Waals surface area contributed by atoms with E-state index < -0.39 is 36.5 Å². The zero-order valence-corrected chi connectivity index (χ0v) is 17.8. The van der Waals surface area contributed by atoms with E-state index in [1.807, 2.05) is 0 Å². The van der Waals surface area contributed by atoms with Gasteiger partial charge < -0.3 is 24.9 Å². The molecule has 1 aliphatic carbocycles. The Hall–Kier alpha value is -1.18. The zero-order chi connectivity index (χ0) is 19.8. The molecule has 28 heavy (non-hydrogen) atoms. The third kappa shape index (κ3) is 3.68. The van der Waals surface area contributed by atoms with Crippen LogP contribution in [0, 0.1) is 3.57 Å². The number of nitrogens with zero attached hydrogens (tertiary/aromatic N) is 3. The second-order valence-electron chi connectivity index (χ2n) is 6.89. The first kappa shape index (κ1) is 20.1. The van der Waals surface area contributed by atoms with Crippen LogP contribution in [0.25, 0.3) is 11.0 Å². The number of nitrogens with two attached hydrogens (primary N) is 1. The molecule has 3 heterocycles. The lowest BCUT2D eigenvalue weighted by atomic mass is 10.1. The van der Waals surface area contributed by atoms with Crippen LogP contribution < -0.4 is 5.73 Å². The molecule has 2 aliphatic rings. The summed E-state index contributed by atoms with van der Waals surface area (Å²) in [5, 5.41) is 9.93. The summed E-state index contributed by atoms with van der Waals surface area (Å²) in [7, 11) is 0. The van der Waals surface area contributed by atoms with Gasteiger partial charge in [0.25, 0.3) is 0 Å². The van der Waals surface area contributed by atoms with Crippen molar-refractivity contribution in [2.45, 2.75) is 55.5 Å². The Morgan fingerprint density at radius 1 is 1.46 bits per heavy atom. The lowest BCUT2D eigenvalue weighted by molar-refractivity contribution is -0.0459. The average Bonchev–Trinajstić information content (AvgIpc) is 3.36. The fourth-order valence-corrected chi connectivity index (χ4v) is 5.57. The van der Waals surface area contributed by atoms with E-state index in [9.17, 15) is 9.90 Å². The molecule has 0 spiro atoms. The largest absolute Gasteiger partial charge is 0.448 e. The van der Waals surface area contributed by atoms with Gasteiger partial charge in [0.05, 0.1) is 12.0 Å². The third-order valence-electron chi connectivity index (χ3n) is 5.11. The molecule has 1 saturated heterocycles. The van der Waals surface area contributed by atoms with Crippen molar-refractivity contribution < 1.29 is 23.8 Å². The van der Waals surface area contributed by atoms with Gasteiger partial charge >= 0.3 is 5.30 Å². The Labute approximate surface area is 178 Å². The van der Waals surface area contributed by atoms with Crippen molar-refractivity contribution in [3.8, 4) is 0 Å². The number of ether oxygens (including phenoxy) is 2. The van der Waals surface area contributed by atoms with Gasteiger partial charge in [-0.25, -0.2) is 19.2 Å². The molecule has 4 atom stereocenters. The summed E-state index contributed by atoms with van der Waals surface area (Å²) in [4.78, 5) is 20.4. The number of fused-ring (bicyclic) bond motifs is 1. The van der Waals surface area contributed by atoms with Crippen molar-refractivity contribution in [3.63, 3.8) is 0 Å². The van der Waals surface area contributed by atoms with Gasteiger partial charge in [0.15, 0.2) is 18.5 Å². The van der Waals surface area contributed by atoms with Crippen molar-refractivity contribution >= 4 is 56.5 Å². The highest BCUT2D eigenvalue weighted by Crippen LogP contribution is 2.39. The zero-order valence-electron chi connectivity index (χ0n) is 14.8. The molecule has 2 aromatic rings. The van der Waals surface area contributed by atoms with E-state index in [2.05, 4.69) is 32.6 Å². The van der Waals surface area contributed by atoms with Crippen molar-refractivity contribution in [1.82, 2.24) is 14.5 Å². The minimum absolute atomic E-state index is 0.214. The van der Waals surface area contributed by atoms with Gasteiger partial charge in [0.2, 0.25) is 0 Å². The first-order valence-electron chi connectivity index (χ1n) is 9.03. The van der Waals surface area contributed by atoms with Crippen LogP contribution in [0.4, 0.5) is 15.0 Å². The van der Waals surface area contributed by atoms with Crippen LogP contribution in [0.3, 0.4) is 0 Å². The number of alkyl halides is 1. The number of carbonyl (C=O) groups excluding carboxylic acids is 1. The van der Waals surface area contributed by atoms with Crippen LogP contribution in [-0.2, 0) is 9.47 Å². The Morgan fingerprint density at radius 2 is 2.21 bits per heavy atom. The van der Waals surface area contributed by atoms with Gasteiger partial charge in [-0.15, -0.1) is 0 Å². The van der Waals surface area contributed by atoms with Crippen LogP contribution >= 0.6 is 34.4 Å². The molecule has 0 radical (unpaired) electrons. The molecule has 11 heteroatoms. The molecule has 152 valence electrons. The van der Waals surface area contributed by atoms with Crippen molar-refractivity contribution in [2.24, 2.45) is 0 Å². The minimum atomic E-state index is -1.66. The SMILES string of the molecule is Nc1ncnc2c1c(I)cn2[C@@H]1O[C@H](CO)[C@@H](OC(=O)SC2CCCC2)[C@@H]1F. The first-order valence-corrected chi connectivity index (χ1v) is 11.0. The Morgan fingerprint density at radius 3 is 2.93 bits per heavy atom. The maximum Gasteiger partial charge on any atom is 0.368 e. The lowest BCUT2D eigenvalue weighted by Gasteiger charge is -2.19. The molecule has 0 amide bonds. The highest BCUT2D eigenvalue weighted by atomic mass is 127.